The van der Waals surface area contributed by atoms with Crippen LogP contribution in [0.2, 0.25) is 0 Å². The molecule has 1 spiro atoms. The summed E-state index contributed by atoms with van der Waals surface area (Å²) in [6.45, 7) is 6.90. The molecule has 0 aromatic rings. The number of fused-ring (bicyclic) bond motifs is 1. The van der Waals surface area contributed by atoms with E-state index in [2.05, 4.69) is 25.9 Å². The SMILES string of the molecule is CC1=NOC2(CCC3CC2C3(C)C)C1. The van der Waals surface area contributed by atoms with Gasteiger partial charge in [-0.05, 0) is 37.5 Å². The molecular formula is C12H19NO. The monoisotopic (exact) mass is 193 g/mol. The molecule has 0 N–H and O–H groups in total. The number of hydrogen-bond acceptors (Lipinski definition) is 2. The van der Waals surface area contributed by atoms with Crippen molar-refractivity contribution in [3.8, 4) is 0 Å². The third kappa shape index (κ3) is 0.850. The van der Waals surface area contributed by atoms with Crippen molar-refractivity contribution in [2.24, 2.45) is 22.4 Å². The summed E-state index contributed by atoms with van der Waals surface area (Å²) in [7, 11) is 0. The van der Waals surface area contributed by atoms with Crippen LogP contribution < -0.4 is 0 Å². The van der Waals surface area contributed by atoms with E-state index >= 15 is 0 Å². The highest BCUT2D eigenvalue weighted by atomic mass is 16.7. The van der Waals surface area contributed by atoms with E-state index in [-0.39, 0.29) is 5.60 Å². The molecule has 0 amide bonds. The third-order valence-corrected chi connectivity index (χ3v) is 4.96. The Labute approximate surface area is 85.7 Å². The highest BCUT2D eigenvalue weighted by Crippen LogP contribution is 2.65. The van der Waals surface area contributed by atoms with Gasteiger partial charge in [0, 0.05) is 12.3 Å². The Hall–Kier alpha value is -0.530. The zero-order valence-electron chi connectivity index (χ0n) is 9.34. The molecule has 0 saturated heterocycles. The fourth-order valence-electron chi connectivity index (χ4n) is 3.98. The van der Waals surface area contributed by atoms with Gasteiger partial charge in [0.25, 0.3) is 0 Å². The summed E-state index contributed by atoms with van der Waals surface area (Å²) >= 11 is 0. The summed E-state index contributed by atoms with van der Waals surface area (Å²) in [6.07, 6.45) is 5.02. The van der Waals surface area contributed by atoms with Gasteiger partial charge in [0.05, 0.1) is 5.71 Å². The topological polar surface area (TPSA) is 21.6 Å². The predicted octanol–water partition coefficient (Wildman–Crippen LogP) is 2.98. The molecule has 4 aliphatic rings. The van der Waals surface area contributed by atoms with Crippen molar-refractivity contribution in [2.75, 3.05) is 0 Å². The molecule has 3 aliphatic carbocycles. The maximum atomic E-state index is 5.77. The second-order valence-corrected chi connectivity index (χ2v) is 6.00. The Morgan fingerprint density at radius 1 is 1.43 bits per heavy atom. The lowest BCUT2D eigenvalue weighted by molar-refractivity contribution is -0.214. The minimum Gasteiger partial charge on any atom is -0.389 e. The Morgan fingerprint density at radius 2 is 2.21 bits per heavy atom. The van der Waals surface area contributed by atoms with Crippen LogP contribution in [0.1, 0.15) is 46.5 Å². The molecule has 3 fully saturated rings. The first-order chi connectivity index (χ1) is 6.55. The van der Waals surface area contributed by atoms with Gasteiger partial charge in [-0.2, -0.15) is 0 Å². The first-order valence-electron chi connectivity index (χ1n) is 5.76. The zero-order valence-corrected chi connectivity index (χ0v) is 9.34. The largest absolute Gasteiger partial charge is 0.389 e. The summed E-state index contributed by atoms with van der Waals surface area (Å²) in [6, 6.07) is 0. The lowest BCUT2D eigenvalue weighted by Gasteiger charge is -2.62. The minimum atomic E-state index is 0.0995. The van der Waals surface area contributed by atoms with Gasteiger partial charge in [-0.3, -0.25) is 0 Å². The summed E-state index contributed by atoms with van der Waals surface area (Å²) in [4.78, 5) is 5.77. The molecule has 78 valence electrons. The van der Waals surface area contributed by atoms with Gasteiger partial charge < -0.3 is 4.84 Å². The van der Waals surface area contributed by atoms with E-state index in [0.29, 0.717) is 5.41 Å². The fraction of sp³-hybridized carbons (Fsp3) is 0.917. The van der Waals surface area contributed by atoms with Crippen molar-refractivity contribution in [3.05, 3.63) is 0 Å². The maximum Gasteiger partial charge on any atom is 0.146 e. The molecule has 3 atom stereocenters. The molecule has 0 aromatic carbocycles. The molecule has 1 heterocycles. The summed E-state index contributed by atoms with van der Waals surface area (Å²) in [5.74, 6) is 1.69. The Bertz CT molecular complexity index is 305. The molecule has 3 unspecified atom stereocenters. The molecule has 0 aromatic heterocycles. The minimum absolute atomic E-state index is 0.0995. The second kappa shape index (κ2) is 2.34. The van der Waals surface area contributed by atoms with Gasteiger partial charge in [-0.15, -0.1) is 0 Å². The smallest absolute Gasteiger partial charge is 0.146 e. The number of nitrogens with zero attached hydrogens (tertiary/aromatic N) is 1. The van der Waals surface area contributed by atoms with E-state index in [1.54, 1.807) is 0 Å². The quantitative estimate of drug-likeness (QED) is 0.579. The van der Waals surface area contributed by atoms with Crippen molar-refractivity contribution in [1.82, 2.24) is 0 Å². The van der Waals surface area contributed by atoms with Crippen LogP contribution in [0.3, 0.4) is 0 Å². The van der Waals surface area contributed by atoms with Crippen LogP contribution in [0.15, 0.2) is 5.16 Å². The number of hydrogen-bond donors (Lipinski definition) is 0. The van der Waals surface area contributed by atoms with Crippen LogP contribution in [-0.2, 0) is 4.84 Å². The van der Waals surface area contributed by atoms with Crippen molar-refractivity contribution >= 4 is 5.71 Å². The van der Waals surface area contributed by atoms with E-state index in [1.165, 1.54) is 25.0 Å². The normalized spacial score (nSPS) is 48.4. The molecule has 0 radical (unpaired) electrons. The Balaban J connectivity index is 1.89. The fourth-order valence-corrected chi connectivity index (χ4v) is 3.98. The lowest BCUT2D eigenvalue weighted by Crippen LogP contribution is -2.61. The summed E-state index contributed by atoms with van der Waals surface area (Å²) in [5.41, 5.74) is 1.78. The van der Waals surface area contributed by atoms with Crippen LogP contribution in [0.4, 0.5) is 0 Å². The second-order valence-electron chi connectivity index (χ2n) is 6.00. The molecular weight excluding hydrogens is 174 g/mol. The third-order valence-electron chi connectivity index (χ3n) is 4.96. The van der Waals surface area contributed by atoms with Crippen molar-refractivity contribution in [1.29, 1.82) is 0 Å². The van der Waals surface area contributed by atoms with E-state index in [0.717, 1.165) is 18.3 Å². The molecule has 4 rings (SSSR count). The first kappa shape index (κ1) is 8.75. The van der Waals surface area contributed by atoms with Gasteiger partial charge in [0.2, 0.25) is 0 Å². The standard InChI is InChI=1S/C12H19NO/c1-8-7-12(14-13-8)5-4-9-6-10(12)11(9,2)3/h9-10H,4-7H2,1-3H3. The van der Waals surface area contributed by atoms with Gasteiger partial charge in [0.15, 0.2) is 0 Å². The average molecular weight is 193 g/mol. The van der Waals surface area contributed by atoms with E-state index < -0.39 is 0 Å². The van der Waals surface area contributed by atoms with Gasteiger partial charge >= 0.3 is 0 Å². The molecule has 2 heteroatoms. The molecule has 2 bridgehead atoms. The van der Waals surface area contributed by atoms with Crippen molar-refractivity contribution in [2.45, 2.75) is 52.1 Å². The maximum absolute atomic E-state index is 5.77. The molecule has 2 nitrogen and oxygen atoms in total. The van der Waals surface area contributed by atoms with Crippen molar-refractivity contribution in [3.63, 3.8) is 0 Å². The van der Waals surface area contributed by atoms with Crippen LogP contribution in [0, 0.1) is 17.3 Å². The lowest BCUT2D eigenvalue weighted by atomic mass is 9.43. The molecule has 3 saturated carbocycles. The number of oxime groups is 1. The first-order valence-corrected chi connectivity index (χ1v) is 5.76. The van der Waals surface area contributed by atoms with Crippen molar-refractivity contribution < 1.29 is 4.84 Å². The van der Waals surface area contributed by atoms with Gasteiger partial charge in [-0.25, -0.2) is 0 Å². The predicted molar refractivity (Wildman–Crippen MR) is 56.2 cm³/mol. The van der Waals surface area contributed by atoms with Crippen LogP contribution in [0.5, 0.6) is 0 Å². The Kier molecular flexibility index (Phi) is 1.46. The number of rotatable bonds is 0. The van der Waals surface area contributed by atoms with Crippen LogP contribution in [-0.4, -0.2) is 11.3 Å². The average Bonchev–Trinajstić information content (AvgIpc) is 2.47. The van der Waals surface area contributed by atoms with E-state index in [4.69, 9.17) is 4.84 Å². The Morgan fingerprint density at radius 3 is 2.71 bits per heavy atom. The van der Waals surface area contributed by atoms with Crippen LogP contribution >= 0.6 is 0 Å². The van der Waals surface area contributed by atoms with E-state index in [1.807, 2.05) is 0 Å². The highest BCUT2D eigenvalue weighted by Gasteiger charge is 2.63. The van der Waals surface area contributed by atoms with Gasteiger partial charge in [0.1, 0.15) is 5.60 Å². The summed E-state index contributed by atoms with van der Waals surface area (Å²) < 4.78 is 0. The van der Waals surface area contributed by atoms with Crippen LogP contribution in [0.25, 0.3) is 0 Å². The highest BCUT2D eigenvalue weighted by molar-refractivity contribution is 5.83. The molecule has 1 aliphatic heterocycles. The zero-order chi connectivity index (χ0) is 9.97. The summed E-state index contributed by atoms with van der Waals surface area (Å²) in [5, 5.41) is 4.17. The van der Waals surface area contributed by atoms with E-state index in [9.17, 15) is 0 Å². The van der Waals surface area contributed by atoms with Gasteiger partial charge in [-0.1, -0.05) is 19.0 Å². The molecule has 14 heavy (non-hydrogen) atoms.